The first-order valence-electron chi connectivity index (χ1n) is 8.56. The number of pyridine rings is 1. The van der Waals surface area contributed by atoms with Crippen molar-refractivity contribution in [2.24, 2.45) is 0 Å². The number of nitrogens with one attached hydrogen (secondary N) is 1. The Labute approximate surface area is 152 Å². The molecule has 0 aliphatic carbocycles. The van der Waals surface area contributed by atoms with Crippen LogP contribution in [0.1, 0.15) is 16.1 Å². The average molecular weight is 351 g/mol. The van der Waals surface area contributed by atoms with Gasteiger partial charge in [-0.15, -0.1) is 0 Å². The fourth-order valence-electron chi connectivity index (χ4n) is 3.04. The van der Waals surface area contributed by atoms with Crippen LogP contribution in [0.5, 0.6) is 0 Å². The Morgan fingerprint density at radius 2 is 1.81 bits per heavy atom. The van der Waals surface area contributed by atoms with Gasteiger partial charge in [-0.1, -0.05) is 36.4 Å². The molecule has 0 spiro atoms. The third-order valence-corrected chi connectivity index (χ3v) is 4.29. The molecule has 134 valence electrons. The van der Waals surface area contributed by atoms with Crippen LogP contribution in [0.15, 0.2) is 48.5 Å². The van der Waals surface area contributed by atoms with Gasteiger partial charge in [-0.3, -0.25) is 9.78 Å². The number of fused-ring (bicyclic) bond motifs is 1. The molecule has 1 aromatic heterocycles. The van der Waals surface area contributed by atoms with Crippen LogP contribution in [0.2, 0.25) is 0 Å². The van der Waals surface area contributed by atoms with Crippen molar-refractivity contribution in [3.8, 4) is 11.1 Å². The van der Waals surface area contributed by atoms with E-state index in [1.165, 1.54) is 6.07 Å². The highest BCUT2D eigenvalue weighted by Gasteiger charge is 2.21. The zero-order chi connectivity index (χ0) is 18.7. The van der Waals surface area contributed by atoms with Gasteiger partial charge >= 0.3 is 0 Å². The lowest BCUT2D eigenvalue weighted by atomic mass is 9.93. The highest BCUT2D eigenvalue weighted by molar-refractivity contribution is 6.09. The second-order valence-electron chi connectivity index (χ2n) is 6.50. The molecule has 2 aromatic carbocycles. The summed E-state index contributed by atoms with van der Waals surface area (Å²) in [5.41, 5.74) is 2.76. The van der Waals surface area contributed by atoms with Crippen LogP contribution in [-0.2, 0) is 0 Å². The standard InChI is InChI=1S/C21H22FN3O/c1-14-19(21(26)23-12-13-25(2)3)20(15-8-4-6-10-17(15)22)16-9-5-7-11-18(16)24-14/h4-11H,12-13H2,1-3H3,(H,23,26). The van der Waals surface area contributed by atoms with Crippen molar-refractivity contribution in [3.05, 3.63) is 65.6 Å². The first-order chi connectivity index (χ1) is 12.5. The summed E-state index contributed by atoms with van der Waals surface area (Å²) >= 11 is 0. The lowest BCUT2D eigenvalue weighted by Gasteiger charge is -2.17. The fraction of sp³-hybridized carbons (Fsp3) is 0.238. The van der Waals surface area contributed by atoms with Crippen LogP contribution in [0, 0.1) is 12.7 Å². The van der Waals surface area contributed by atoms with Gasteiger partial charge in [0.2, 0.25) is 0 Å². The topological polar surface area (TPSA) is 45.2 Å². The number of aromatic nitrogens is 1. The number of aryl methyl sites for hydroxylation is 1. The van der Waals surface area contributed by atoms with Gasteiger partial charge in [0.05, 0.1) is 16.8 Å². The summed E-state index contributed by atoms with van der Waals surface area (Å²) in [5, 5.41) is 3.69. The van der Waals surface area contributed by atoms with Crippen molar-refractivity contribution in [2.75, 3.05) is 27.2 Å². The summed E-state index contributed by atoms with van der Waals surface area (Å²) in [6.07, 6.45) is 0. The van der Waals surface area contributed by atoms with Gasteiger partial charge in [0.1, 0.15) is 5.82 Å². The Bertz CT molecular complexity index is 953. The Morgan fingerprint density at radius 3 is 2.54 bits per heavy atom. The molecule has 1 amide bonds. The number of amides is 1. The number of benzene rings is 2. The zero-order valence-corrected chi connectivity index (χ0v) is 15.2. The van der Waals surface area contributed by atoms with Gasteiger partial charge in [-0.2, -0.15) is 0 Å². The summed E-state index contributed by atoms with van der Waals surface area (Å²) in [7, 11) is 3.89. The van der Waals surface area contributed by atoms with Gasteiger partial charge < -0.3 is 10.2 Å². The van der Waals surface area contributed by atoms with Crippen molar-refractivity contribution in [1.29, 1.82) is 0 Å². The number of hydrogen-bond donors (Lipinski definition) is 1. The van der Waals surface area contributed by atoms with Gasteiger partial charge in [0, 0.05) is 29.6 Å². The Kier molecular flexibility index (Phi) is 5.28. The summed E-state index contributed by atoms with van der Waals surface area (Å²) in [4.78, 5) is 19.5. The molecule has 1 N–H and O–H groups in total. The van der Waals surface area contributed by atoms with Gasteiger partial charge in [-0.25, -0.2) is 4.39 Å². The van der Waals surface area contributed by atoms with Crippen LogP contribution in [0.4, 0.5) is 4.39 Å². The maximum Gasteiger partial charge on any atom is 0.253 e. The predicted octanol–water partition coefficient (Wildman–Crippen LogP) is 3.64. The van der Waals surface area contributed by atoms with Crippen LogP contribution in [0.3, 0.4) is 0 Å². The molecule has 4 nitrogen and oxygen atoms in total. The molecule has 0 aliphatic rings. The lowest BCUT2D eigenvalue weighted by molar-refractivity contribution is 0.0951. The minimum absolute atomic E-state index is 0.235. The minimum atomic E-state index is -0.356. The number of nitrogens with zero attached hydrogens (tertiary/aromatic N) is 2. The monoisotopic (exact) mass is 351 g/mol. The van der Waals surface area contributed by atoms with E-state index in [0.29, 0.717) is 28.9 Å². The van der Waals surface area contributed by atoms with Crippen LogP contribution in [-0.4, -0.2) is 43.0 Å². The van der Waals surface area contributed by atoms with Crippen LogP contribution >= 0.6 is 0 Å². The summed E-state index contributed by atoms with van der Waals surface area (Å²) < 4.78 is 14.6. The summed E-state index contributed by atoms with van der Waals surface area (Å²) in [6.45, 7) is 3.02. The molecule has 0 fully saturated rings. The Balaban J connectivity index is 2.19. The average Bonchev–Trinajstić information content (AvgIpc) is 2.60. The Hall–Kier alpha value is -2.79. The number of carbonyl (C=O) groups is 1. The van der Waals surface area contributed by atoms with Gasteiger partial charge in [0.15, 0.2) is 0 Å². The van der Waals surface area contributed by atoms with E-state index in [2.05, 4.69) is 10.3 Å². The number of likely N-dealkylation sites (N-methyl/N-ethyl adjacent to an activating group) is 1. The van der Waals surface area contributed by atoms with E-state index in [-0.39, 0.29) is 11.7 Å². The van der Waals surface area contributed by atoms with Gasteiger partial charge in [-0.05, 0) is 33.2 Å². The number of rotatable bonds is 5. The second-order valence-corrected chi connectivity index (χ2v) is 6.50. The van der Waals surface area contributed by atoms with Crippen molar-refractivity contribution in [2.45, 2.75) is 6.92 Å². The molecule has 3 rings (SSSR count). The van der Waals surface area contributed by atoms with E-state index in [9.17, 15) is 9.18 Å². The van der Waals surface area contributed by atoms with E-state index in [4.69, 9.17) is 0 Å². The lowest BCUT2D eigenvalue weighted by Crippen LogP contribution is -2.32. The molecule has 0 radical (unpaired) electrons. The molecular weight excluding hydrogens is 329 g/mol. The molecule has 5 heteroatoms. The molecule has 0 unspecified atom stereocenters. The molecule has 26 heavy (non-hydrogen) atoms. The number of hydrogen-bond acceptors (Lipinski definition) is 3. The largest absolute Gasteiger partial charge is 0.351 e. The van der Waals surface area contributed by atoms with Crippen molar-refractivity contribution in [3.63, 3.8) is 0 Å². The molecule has 0 saturated heterocycles. The number of carbonyl (C=O) groups excluding carboxylic acids is 1. The highest BCUT2D eigenvalue weighted by atomic mass is 19.1. The molecule has 0 saturated carbocycles. The molecule has 0 aliphatic heterocycles. The maximum absolute atomic E-state index is 14.6. The molecule has 0 atom stereocenters. The quantitative estimate of drug-likeness (QED) is 0.763. The smallest absolute Gasteiger partial charge is 0.253 e. The first-order valence-corrected chi connectivity index (χ1v) is 8.56. The predicted molar refractivity (Wildman–Crippen MR) is 103 cm³/mol. The van der Waals surface area contributed by atoms with E-state index in [1.807, 2.05) is 43.3 Å². The van der Waals surface area contributed by atoms with Crippen molar-refractivity contribution < 1.29 is 9.18 Å². The zero-order valence-electron chi connectivity index (χ0n) is 15.2. The number of halogens is 1. The number of para-hydroxylation sites is 1. The van der Waals surface area contributed by atoms with Crippen LogP contribution in [0.25, 0.3) is 22.0 Å². The van der Waals surface area contributed by atoms with Crippen molar-refractivity contribution in [1.82, 2.24) is 15.2 Å². The van der Waals surface area contributed by atoms with E-state index < -0.39 is 0 Å². The maximum atomic E-state index is 14.6. The molecule has 1 heterocycles. The Morgan fingerprint density at radius 1 is 1.12 bits per heavy atom. The third-order valence-electron chi connectivity index (χ3n) is 4.29. The van der Waals surface area contributed by atoms with E-state index in [0.717, 1.165) is 17.4 Å². The van der Waals surface area contributed by atoms with Gasteiger partial charge in [0.25, 0.3) is 5.91 Å². The van der Waals surface area contributed by atoms with E-state index >= 15 is 0 Å². The third kappa shape index (κ3) is 3.58. The SMILES string of the molecule is Cc1nc2ccccc2c(-c2ccccc2F)c1C(=O)NCCN(C)C. The normalized spacial score (nSPS) is 11.1. The fourth-order valence-corrected chi connectivity index (χ4v) is 3.04. The second kappa shape index (κ2) is 7.62. The minimum Gasteiger partial charge on any atom is -0.351 e. The molecule has 3 aromatic rings. The molecular formula is C21H22FN3O. The van der Waals surface area contributed by atoms with Crippen LogP contribution < -0.4 is 5.32 Å². The first kappa shape index (κ1) is 18.0. The summed E-state index contributed by atoms with van der Waals surface area (Å²) in [5.74, 6) is -0.591. The molecule has 0 bridgehead atoms. The highest BCUT2D eigenvalue weighted by Crippen LogP contribution is 2.34. The van der Waals surface area contributed by atoms with E-state index in [1.54, 1.807) is 25.1 Å². The van der Waals surface area contributed by atoms with Crippen molar-refractivity contribution >= 4 is 16.8 Å². The summed E-state index contributed by atoms with van der Waals surface area (Å²) in [6, 6.07) is 14.0.